The Balaban J connectivity index is 1.56. The molecule has 4 rings (SSSR count). The summed E-state index contributed by atoms with van der Waals surface area (Å²) in [7, 11) is 0. The summed E-state index contributed by atoms with van der Waals surface area (Å²) in [6.45, 7) is 1.79. The minimum Gasteiger partial charge on any atom is -0.351 e. The first-order valence-electron chi connectivity index (χ1n) is 9.10. The van der Waals surface area contributed by atoms with Gasteiger partial charge >= 0.3 is 6.18 Å². The lowest BCUT2D eigenvalue weighted by Crippen LogP contribution is -2.42. The highest BCUT2D eigenvalue weighted by atomic mass is 19.4. The van der Waals surface area contributed by atoms with Crippen LogP contribution in [0.1, 0.15) is 28.7 Å². The zero-order chi connectivity index (χ0) is 19.1. The zero-order valence-electron chi connectivity index (χ0n) is 14.9. The van der Waals surface area contributed by atoms with Crippen LogP contribution in [0.15, 0.2) is 48.5 Å². The number of fused-ring (bicyclic) bond motifs is 1. The summed E-state index contributed by atoms with van der Waals surface area (Å²) < 4.78 is 39.8. The highest BCUT2D eigenvalue weighted by Gasteiger charge is 2.46. The third-order valence-electron chi connectivity index (χ3n) is 5.72. The third-order valence-corrected chi connectivity index (χ3v) is 5.72. The molecular formula is C21H21F3N2O. The summed E-state index contributed by atoms with van der Waals surface area (Å²) >= 11 is 0. The van der Waals surface area contributed by atoms with Crippen molar-refractivity contribution in [2.24, 2.45) is 5.41 Å². The average molecular weight is 374 g/mol. The van der Waals surface area contributed by atoms with Crippen LogP contribution in [0.2, 0.25) is 0 Å². The number of rotatable bonds is 2. The number of carbonyl (C=O) groups excluding carboxylic acids is 1. The molecule has 142 valence electrons. The van der Waals surface area contributed by atoms with Gasteiger partial charge in [0, 0.05) is 19.6 Å². The highest BCUT2D eigenvalue weighted by molar-refractivity contribution is 5.84. The van der Waals surface area contributed by atoms with E-state index in [1.54, 1.807) is 6.07 Å². The predicted molar refractivity (Wildman–Crippen MR) is 95.8 cm³/mol. The van der Waals surface area contributed by atoms with Crippen LogP contribution in [-0.4, -0.2) is 23.9 Å². The van der Waals surface area contributed by atoms with Gasteiger partial charge in [-0.05, 0) is 42.1 Å². The smallest absolute Gasteiger partial charge is 0.351 e. The SMILES string of the molecule is O=C1NCc2ccccc2CC12CCN(Cc1ccccc1C(F)(F)F)C2. The van der Waals surface area contributed by atoms with Crippen molar-refractivity contribution in [3.63, 3.8) is 0 Å². The highest BCUT2D eigenvalue weighted by Crippen LogP contribution is 2.39. The number of hydrogen-bond acceptors (Lipinski definition) is 2. The Bertz CT molecular complexity index is 865. The molecule has 1 amide bonds. The summed E-state index contributed by atoms with van der Waals surface area (Å²) in [6.07, 6.45) is -3.08. The maximum absolute atomic E-state index is 13.3. The van der Waals surface area contributed by atoms with E-state index in [0.717, 1.165) is 17.2 Å². The van der Waals surface area contributed by atoms with Gasteiger partial charge in [-0.1, -0.05) is 42.5 Å². The number of nitrogens with zero attached hydrogens (tertiary/aromatic N) is 1. The van der Waals surface area contributed by atoms with Crippen molar-refractivity contribution in [3.8, 4) is 0 Å². The predicted octanol–water partition coefficient (Wildman–Crippen LogP) is 3.77. The average Bonchev–Trinajstić information content (AvgIpc) is 2.97. The Morgan fingerprint density at radius 3 is 2.52 bits per heavy atom. The van der Waals surface area contributed by atoms with Crippen LogP contribution in [0, 0.1) is 5.41 Å². The Morgan fingerprint density at radius 1 is 1.04 bits per heavy atom. The fourth-order valence-corrected chi connectivity index (χ4v) is 4.31. The standard InChI is InChI=1S/C21H21F3N2O/c22-21(23,24)18-8-4-3-7-17(18)13-26-10-9-20(14-26)11-15-5-1-2-6-16(15)12-25-19(20)27/h1-8H,9-14H2,(H,25,27). The number of carbonyl (C=O) groups is 1. The third kappa shape index (κ3) is 3.46. The van der Waals surface area contributed by atoms with E-state index in [1.807, 2.05) is 29.2 Å². The first-order valence-corrected chi connectivity index (χ1v) is 9.10. The molecule has 0 aliphatic carbocycles. The van der Waals surface area contributed by atoms with Crippen LogP contribution in [-0.2, 0) is 30.5 Å². The molecule has 2 aromatic rings. The molecule has 3 nitrogen and oxygen atoms in total. The molecule has 0 saturated carbocycles. The molecule has 0 radical (unpaired) electrons. The van der Waals surface area contributed by atoms with E-state index in [1.165, 1.54) is 12.1 Å². The van der Waals surface area contributed by atoms with E-state index < -0.39 is 17.2 Å². The molecule has 2 aromatic carbocycles. The van der Waals surface area contributed by atoms with Crippen LogP contribution in [0.4, 0.5) is 13.2 Å². The van der Waals surface area contributed by atoms with E-state index in [0.29, 0.717) is 32.5 Å². The fourth-order valence-electron chi connectivity index (χ4n) is 4.31. The van der Waals surface area contributed by atoms with Crippen LogP contribution in [0.5, 0.6) is 0 Å². The summed E-state index contributed by atoms with van der Waals surface area (Å²) in [5.41, 5.74) is 1.36. The monoisotopic (exact) mass is 374 g/mol. The molecule has 0 bridgehead atoms. The topological polar surface area (TPSA) is 32.3 Å². The lowest BCUT2D eigenvalue weighted by atomic mass is 9.80. The van der Waals surface area contributed by atoms with Gasteiger partial charge in [0.15, 0.2) is 0 Å². The number of likely N-dealkylation sites (tertiary alicyclic amines) is 1. The number of hydrogen-bond donors (Lipinski definition) is 1. The van der Waals surface area contributed by atoms with E-state index >= 15 is 0 Å². The fraction of sp³-hybridized carbons (Fsp3) is 0.381. The van der Waals surface area contributed by atoms with Crippen LogP contribution in [0.3, 0.4) is 0 Å². The van der Waals surface area contributed by atoms with Gasteiger partial charge in [0.25, 0.3) is 0 Å². The van der Waals surface area contributed by atoms with Crippen LogP contribution >= 0.6 is 0 Å². The van der Waals surface area contributed by atoms with Gasteiger partial charge in [0.05, 0.1) is 11.0 Å². The lowest BCUT2D eigenvalue weighted by molar-refractivity contribution is -0.138. The Labute approximate surface area is 156 Å². The first-order chi connectivity index (χ1) is 12.9. The van der Waals surface area contributed by atoms with Gasteiger partial charge in [-0.25, -0.2) is 0 Å². The second-order valence-corrected chi connectivity index (χ2v) is 7.52. The lowest BCUT2D eigenvalue weighted by Gasteiger charge is -2.27. The van der Waals surface area contributed by atoms with E-state index in [4.69, 9.17) is 0 Å². The number of amides is 1. The number of benzene rings is 2. The summed E-state index contributed by atoms with van der Waals surface area (Å²) in [4.78, 5) is 14.8. The van der Waals surface area contributed by atoms with Crippen molar-refractivity contribution in [3.05, 3.63) is 70.8 Å². The van der Waals surface area contributed by atoms with Gasteiger partial charge in [0.2, 0.25) is 5.91 Å². The van der Waals surface area contributed by atoms with Gasteiger partial charge in [-0.2, -0.15) is 13.2 Å². The Hall–Kier alpha value is -2.34. The van der Waals surface area contributed by atoms with Gasteiger partial charge in [0.1, 0.15) is 0 Å². The van der Waals surface area contributed by atoms with Crippen molar-refractivity contribution in [1.29, 1.82) is 0 Å². The molecule has 1 spiro atoms. The molecule has 1 atom stereocenters. The molecule has 1 saturated heterocycles. The molecule has 1 fully saturated rings. The normalized spacial score (nSPS) is 23.1. The molecule has 0 aromatic heterocycles. The first kappa shape index (κ1) is 18.0. The van der Waals surface area contributed by atoms with Crippen LogP contribution in [0.25, 0.3) is 0 Å². The molecular weight excluding hydrogens is 353 g/mol. The molecule has 27 heavy (non-hydrogen) atoms. The summed E-state index contributed by atoms with van der Waals surface area (Å²) in [6, 6.07) is 13.7. The number of halogens is 3. The maximum Gasteiger partial charge on any atom is 0.416 e. The van der Waals surface area contributed by atoms with Gasteiger partial charge < -0.3 is 5.32 Å². The van der Waals surface area contributed by atoms with Gasteiger partial charge in [-0.15, -0.1) is 0 Å². The Kier molecular flexibility index (Phi) is 4.46. The molecule has 2 aliphatic rings. The van der Waals surface area contributed by atoms with Crippen molar-refractivity contribution in [2.45, 2.75) is 32.1 Å². The van der Waals surface area contributed by atoms with Crippen molar-refractivity contribution >= 4 is 5.91 Å². The molecule has 6 heteroatoms. The van der Waals surface area contributed by atoms with E-state index in [9.17, 15) is 18.0 Å². The Morgan fingerprint density at radius 2 is 1.74 bits per heavy atom. The van der Waals surface area contributed by atoms with Crippen molar-refractivity contribution < 1.29 is 18.0 Å². The minimum absolute atomic E-state index is 0.00491. The van der Waals surface area contributed by atoms with E-state index in [-0.39, 0.29) is 18.0 Å². The molecule has 1 unspecified atom stereocenters. The summed E-state index contributed by atoms with van der Waals surface area (Å²) in [5, 5.41) is 3.01. The quantitative estimate of drug-likeness (QED) is 0.868. The largest absolute Gasteiger partial charge is 0.416 e. The minimum atomic E-state index is -4.37. The maximum atomic E-state index is 13.3. The second kappa shape index (κ2) is 6.68. The van der Waals surface area contributed by atoms with Gasteiger partial charge in [-0.3, -0.25) is 9.69 Å². The van der Waals surface area contributed by atoms with E-state index in [2.05, 4.69) is 5.32 Å². The molecule has 2 heterocycles. The summed E-state index contributed by atoms with van der Waals surface area (Å²) in [5.74, 6) is 0.00491. The van der Waals surface area contributed by atoms with Crippen molar-refractivity contribution in [1.82, 2.24) is 10.2 Å². The number of nitrogens with one attached hydrogen (secondary N) is 1. The molecule has 1 N–H and O–H groups in total. The molecule has 2 aliphatic heterocycles. The van der Waals surface area contributed by atoms with Crippen LogP contribution < -0.4 is 5.32 Å². The van der Waals surface area contributed by atoms with Crippen molar-refractivity contribution in [2.75, 3.05) is 13.1 Å². The second-order valence-electron chi connectivity index (χ2n) is 7.52. The number of alkyl halides is 3. The zero-order valence-corrected chi connectivity index (χ0v) is 14.9.